The second-order valence-corrected chi connectivity index (χ2v) is 2.93. The minimum absolute atomic E-state index is 0.232. The molecule has 0 saturated carbocycles. The second-order valence-electron chi connectivity index (χ2n) is 2.93. The Labute approximate surface area is 80.7 Å². The summed E-state index contributed by atoms with van der Waals surface area (Å²) in [5.41, 5.74) is 1.95. The van der Waals surface area contributed by atoms with Crippen LogP contribution in [0.15, 0.2) is 18.5 Å². The first-order valence-electron chi connectivity index (χ1n) is 4.20. The Morgan fingerprint density at radius 2 is 2.43 bits per heavy atom. The summed E-state index contributed by atoms with van der Waals surface area (Å²) in [5, 5.41) is 3.02. The van der Waals surface area contributed by atoms with E-state index in [0.717, 1.165) is 11.1 Å². The van der Waals surface area contributed by atoms with E-state index >= 15 is 0 Å². The summed E-state index contributed by atoms with van der Waals surface area (Å²) < 4.78 is 0. The molecule has 0 bridgehead atoms. The standard InChI is InChI=1S/C10H8N2O2/c13-6-9(14)10-8-2-3-11-5-7(8)1-4-12-10/h1-4,6,11H,5H2. The van der Waals surface area contributed by atoms with Gasteiger partial charge in [-0.1, -0.05) is 0 Å². The summed E-state index contributed by atoms with van der Waals surface area (Å²) in [6.07, 6.45) is 5.32. The molecule has 4 heteroatoms. The molecular formula is C10H8N2O2. The lowest BCUT2D eigenvalue weighted by Crippen LogP contribution is -2.15. The maximum atomic E-state index is 11.2. The van der Waals surface area contributed by atoms with Gasteiger partial charge in [0.25, 0.3) is 0 Å². The van der Waals surface area contributed by atoms with Crippen LogP contribution in [0.1, 0.15) is 21.6 Å². The van der Waals surface area contributed by atoms with Crippen LogP contribution in [-0.2, 0) is 11.3 Å². The fraction of sp³-hybridized carbons (Fsp3) is 0.100. The number of Topliss-reactive ketones (excluding diaryl/α,β-unsaturated/α-hetero) is 1. The molecule has 1 aliphatic heterocycles. The van der Waals surface area contributed by atoms with E-state index < -0.39 is 5.78 Å². The number of nitrogens with zero attached hydrogens (tertiary/aromatic N) is 1. The lowest BCUT2D eigenvalue weighted by atomic mass is 10.0. The predicted molar refractivity (Wildman–Crippen MR) is 50.5 cm³/mol. The summed E-state index contributed by atoms with van der Waals surface area (Å²) in [7, 11) is 0. The van der Waals surface area contributed by atoms with Crippen molar-refractivity contribution in [1.29, 1.82) is 0 Å². The number of hydrogen-bond donors (Lipinski definition) is 1. The summed E-state index contributed by atoms with van der Waals surface area (Å²) >= 11 is 0. The van der Waals surface area contributed by atoms with Crippen LogP contribution >= 0.6 is 0 Å². The first-order chi connectivity index (χ1) is 6.83. The van der Waals surface area contributed by atoms with Gasteiger partial charge in [0, 0.05) is 18.3 Å². The van der Waals surface area contributed by atoms with Gasteiger partial charge in [0.15, 0.2) is 6.29 Å². The Bertz CT molecular complexity index is 424. The molecule has 1 aliphatic rings. The molecule has 1 N–H and O–H groups in total. The van der Waals surface area contributed by atoms with Gasteiger partial charge >= 0.3 is 0 Å². The number of aldehydes is 1. The Balaban J connectivity index is 2.57. The number of carbonyl (C=O) groups is 2. The first kappa shape index (κ1) is 8.62. The van der Waals surface area contributed by atoms with Gasteiger partial charge in [-0.15, -0.1) is 0 Å². The number of aromatic nitrogens is 1. The van der Waals surface area contributed by atoms with Crippen molar-refractivity contribution in [1.82, 2.24) is 10.3 Å². The third-order valence-corrected chi connectivity index (χ3v) is 2.08. The summed E-state index contributed by atoms with van der Waals surface area (Å²) in [6, 6.07) is 1.83. The SMILES string of the molecule is O=CC(=O)c1nccc2c1C=CNC2. The Morgan fingerprint density at radius 1 is 1.57 bits per heavy atom. The molecule has 1 aromatic rings. The van der Waals surface area contributed by atoms with Crippen LogP contribution in [0.3, 0.4) is 0 Å². The van der Waals surface area contributed by atoms with Gasteiger partial charge in [0.1, 0.15) is 5.69 Å². The minimum atomic E-state index is -0.576. The van der Waals surface area contributed by atoms with Crippen molar-refractivity contribution in [2.24, 2.45) is 0 Å². The van der Waals surface area contributed by atoms with Crippen molar-refractivity contribution in [3.05, 3.63) is 35.3 Å². The zero-order chi connectivity index (χ0) is 9.97. The highest BCUT2D eigenvalue weighted by molar-refractivity contribution is 6.33. The number of ketones is 1. The summed E-state index contributed by atoms with van der Waals surface area (Å²) in [5.74, 6) is -0.576. The van der Waals surface area contributed by atoms with Gasteiger partial charge in [-0.05, 0) is 23.9 Å². The molecule has 0 aliphatic carbocycles. The minimum Gasteiger partial charge on any atom is -0.387 e. The highest BCUT2D eigenvalue weighted by atomic mass is 16.2. The zero-order valence-corrected chi connectivity index (χ0v) is 7.36. The molecule has 2 heterocycles. The van der Waals surface area contributed by atoms with Crippen molar-refractivity contribution < 1.29 is 9.59 Å². The Morgan fingerprint density at radius 3 is 3.21 bits per heavy atom. The highest BCUT2D eigenvalue weighted by Crippen LogP contribution is 2.17. The van der Waals surface area contributed by atoms with E-state index in [4.69, 9.17) is 0 Å². The van der Waals surface area contributed by atoms with Crippen molar-refractivity contribution in [3.8, 4) is 0 Å². The monoisotopic (exact) mass is 188 g/mol. The van der Waals surface area contributed by atoms with Crippen LogP contribution in [0.4, 0.5) is 0 Å². The Hall–Kier alpha value is -1.97. The maximum absolute atomic E-state index is 11.2. The van der Waals surface area contributed by atoms with Gasteiger partial charge in [0.05, 0.1) is 0 Å². The largest absolute Gasteiger partial charge is 0.387 e. The summed E-state index contributed by atoms with van der Waals surface area (Å²) in [6.45, 7) is 0.660. The smallest absolute Gasteiger partial charge is 0.244 e. The molecule has 2 rings (SSSR count). The van der Waals surface area contributed by atoms with Crippen LogP contribution in [0.25, 0.3) is 6.08 Å². The molecule has 4 nitrogen and oxygen atoms in total. The average molecular weight is 188 g/mol. The molecular weight excluding hydrogens is 180 g/mol. The van der Waals surface area contributed by atoms with Crippen molar-refractivity contribution in [2.75, 3.05) is 0 Å². The molecule has 0 atom stereocenters. The van der Waals surface area contributed by atoms with Gasteiger partial charge in [-0.2, -0.15) is 0 Å². The Kier molecular flexibility index (Phi) is 2.10. The second kappa shape index (κ2) is 3.41. The lowest BCUT2D eigenvalue weighted by Gasteiger charge is -2.12. The molecule has 0 saturated heterocycles. The average Bonchev–Trinajstić information content (AvgIpc) is 2.27. The van der Waals surface area contributed by atoms with Gasteiger partial charge in [-0.3, -0.25) is 14.6 Å². The normalized spacial score (nSPS) is 12.9. The number of hydrogen-bond acceptors (Lipinski definition) is 4. The van der Waals surface area contributed by atoms with E-state index in [0.29, 0.717) is 12.8 Å². The van der Waals surface area contributed by atoms with E-state index in [9.17, 15) is 9.59 Å². The molecule has 14 heavy (non-hydrogen) atoms. The van der Waals surface area contributed by atoms with Crippen LogP contribution in [0.5, 0.6) is 0 Å². The quantitative estimate of drug-likeness (QED) is 0.418. The fourth-order valence-electron chi connectivity index (χ4n) is 1.42. The van der Waals surface area contributed by atoms with Crippen LogP contribution in [0.2, 0.25) is 0 Å². The summed E-state index contributed by atoms with van der Waals surface area (Å²) in [4.78, 5) is 25.5. The number of pyridine rings is 1. The van der Waals surface area contributed by atoms with E-state index in [1.807, 2.05) is 6.07 Å². The molecule has 0 amide bonds. The van der Waals surface area contributed by atoms with Crippen molar-refractivity contribution in [3.63, 3.8) is 0 Å². The van der Waals surface area contributed by atoms with Gasteiger partial charge < -0.3 is 5.32 Å². The van der Waals surface area contributed by atoms with E-state index in [-0.39, 0.29) is 5.69 Å². The van der Waals surface area contributed by atoms with Gasteiger partial charge in [0.2, 0.25) is 5.78 Å². The number of nitrogens with one attached hydrogen (secondary N) is 1. The number of rotatable bonds is 2. The van der Waals surface area contributed by atoms with E-state index in [1.54, 1.807) is 12.3 Å². The van der Waals surface area contributed by atoms with Crippen LogP contribution in [-0.4, -0.2) is 17.1 Å². The molecule has 1 aromatic heterocycles. The first-order valence-corrected chi connectivity index (χ1v) is 4.20. The number of carbonyl (C=O) groups excluding carboxylic acids is 2. The molecule has 70 valence electrons. The lowest BCUT2D eigenvalue weighted by molar-refractivity contribution is -0.104. The molecule has 0 radical (unpaired) electrons. The van der Waals surface area contributed by atoms with Crippen LogP contribution in [0, 0.1) is 0 Å². The number of fused-ring (bicyclic) bond motifs is 1. The molecule has 0 fully saturated rings. The van der Waals surface area contributed by atoms with E-state index in [1.165, 1.54) is 6.20 Å². The fourth-order valence-corrected chi connectivity index (χ4v) is 1.42. The van der Waals surface area contributed by atoms with Crippen molar-refractivity contribution in [2.45, 2.75) is 6.54 Å². The van der Waals surface area contributed by atoms with E-state index in [2.05, 4.69) is 10.3 Å². The predicted octanol–water partition coefficient (Wildman–Crippen LogP) is 0.537. The topological polar surface area (TPSA) is 59.1 Å². The molecule has 0 unspecified atom stereocenters. The zero-order valence-electron chi connectivity index (χ0n) is 7.36. The maximum Gasteiger partial charge on any atom is 0.244 e. The molecule has 0 spiro atoms. The molecule has 0 aromatic carbocycles. The third kappa shape index (κ3) is 1.31. The van der Waals surface area contributed by atoms with Crippen molar-refractivity contribution >= 4 is 18.1 Å². The van der Waals surface area contributed by atoms with Crippen LogP contribution < -0.4 is 5.32 Å². The highest BCUT2D eigenvalue weighted by Gasteiger charge is 2.15. The van der Waals surface area contributed by atoms with Gasteiger partial charge in [-0.25, -0.2) is 0 Å². The third-order valence-electron chi connectivity index (χ3n) is 2.08.